The number of aromatic nitrogens is 2. The van der Waals surface area contributed by atoms with Crippen LogP contribution in [0.15, 0.2) is 0 Å². The summed E-state index contributed by atoms with van der Waals surface area (Å²) < 4.78 is 10.6. The number of nitrogens with zero attached hydrogens (tertiary/aromatic N) is 4. The molecule has 1 amide bonds. The molecule has 4 heterocycles. The lowest BCUT2D eigenvalue weighted by Gasteiger charge is -2.32. The zero-order chi connectivity index (χ0) is 21.2. The summed E-state index contributed by atoms with van der Waals surface area (Å²) in [5.41, 5.74) is 1.45. The molecule has 0 radical (unpaired) electrons. The monoisotopic (exact) mass is 445 g/mol. The number of amides is 1. The summed E-state index contributed by atoms with van der Waals surface area (Å²) in [6, 6.07) is 0.303. The predicted molar refractivity (Wildman–Crippen MR) is 121 cm³/mol. The first kappa shape index (κ1) is 20.9. The van der Waals surface area contributed by atoms with Crippen molar-refractivity contribution in [3.05, 3.63) is 16.3 Å². The zero-order valence-electron chi connectivity index (χ0n) is 18.2. The largest absolute Gasteiger partial charge is 0.450 e. The molecule has 0 atom stereocenters. The van der Waals surface area contributed by atoms with Crippen molar-refractivity contribution in [1.82, 2.24) is 19.8 Å². The summed E-state index contributed by atoms with van der Waals surface area (Å²) in [5.74, 6) is 1.88. The number of morpholine rings is 1. The second-order valence-corrected chi connectivity index (χ2v) is 9.60. The van der Waals surface area contributed by atoms with Crippen LogP contribution in [0.25, 0.3) is 10.2 Å². The molecule has 0 spiro atoms. The summed E-state index contributed by atoms with van der Waals surface area (Å²) in [6.45, 7) is 7.87. The van der Waals surface area contributed by atoms with E-state index < -0.39 is 0 Å². The highest BCUT2D eigenvalue weighted by molar-refractivity contribution is 7.19. The average molecular weight is 446 g/mol. The van der Waals surface area contributed by atoms with Crippen LogP contribution in [0.4, 0.5) is 10.6 Å². The maximum atomic E-state index is 12.0. The number of ether oxygens (including phenoxy) is 2. The summed E-state index contributed by atoms with van der Waals surface area (Å²) >= 11 is 1.84. The highest BCUT2D eigenvalue weighted by atomic mass is 32.1. The van der Waals surface area contributed by atoms with Crippen LogP contribution in [0.1, 0.15) is 42.5 Å². The minimum absolute atomic E-state index is 0.200. The molecule has 8 nitrogen and oxygen atoms in total. The highest BCUT2D eigenvalue weighted by Crippen LogP contribution is 2.40. The standard InChI is InChI=1S/C22H31N5O3S/c1-2-30-22(28)27-8-6-15(7-9-27)23-20-19-16-4-3-5-17(16)31-21(19)25-18(24-20)14-26-10-12-29-13-11-26/h15H,2-14H2,1H3,(H,23,24,25). The van der Waals surface area contributed by atoms with Crippen LogP contribution in [0.2, 0.25) is 0 Å². The molecular weight excluding hydrogens is 414 g/mol. The van der Waals surface area contributed by atoms with Gasteiger partial charge >= 0.3 is 6.09 Å². The number of aryl methyl sites for hydroxylation is 2. The van der Waals surface area contributed by atoms with Gasteiger partial charge in [0.1, 0.15) is 16.5 Å². The maximum Gasteiger partial charge on any atom is 0.409 e. The third-order valence-electron chi connectivity index (χ3n) is 6.44. The zero-order valence-corrected chi connectivity index (χ0v) is 19.0. The SMILES string of the molecule is CCOC(=O)N1CCC(Nc2nc(CN3CCOCC3)nc3sc4c(c23)CCC4)CC1. The minimum Gasteiger partial charge on any atom is -0.450 e. The lowest BCUT2D eigenvalue weighted by Crippen LogP contribution is -2.42. The third-order valence-corrected chi connectivity index (χ3v) is 7.63. The average Bonchev–Trinajstić information content (AvgIpc) is 3.36. The van der Waals surface area contributed by atoms with Gasteiger partial charge in [0.15, 0.2) is 0 Å². The van der Waals surface area contributed by atoms with Gasteiger partial charge in [0.2, 0.25) is 0 Å². The molecule has 31 heavy (non-hydrogen) atoms. The Kier molecular flexibility index (Phi) is 6.24. The fraction of sp³-hybridized carbons (Fsp3) is 0.682. The summed E-state index contributed by atoms with van der Waals surface area (Å²) in [6.07, 6.45) is 5.10. The first-order valence-electron chi connectivity index (χ1n) is 11.5. The van der Waals surface area contributed by atoms with Crippen LogP contribution in [-0.2, 0) is 28.9 Å². The van der Waals surface area contributed by atoms with Crippen molar-refractivity contribution in [2.24, 2.45) is 0 Å². The third kappa shape index (κ3) is 4.49. The lowest BCUT2D eigenvalue weighted by molar-refractivity contribution is 0.0331. The van der Waals surface area contributed by atoms with Gasteiger partial charge in [-0.1, -0.05) is 0 Å². The summed E-state index contributed by atoms with van der Waals surface area (Å²) in [5, 5.41) is 4.97. The Balaban J connectivity index is 1.36. The summed E-state index contributed by atoms with van der Waals surface area (Å²) in [7, 11) is 0. The van der Waals surface area contributed by atoms with Gasteiger partial charge in [0.05, 0.1) is 31.8 Å². The van der Waals surface area contributed by atoms with Crippen molar-refractivity contribution < 1.29 is 14.3 Å². The van der Waals surface area contributed by atoms with E-state index in [0.717, 1.165) is 75.0 Å². The first-order chi connectivity index (χ1) is 15.2. The second kappa shape index (κ2) is 9.26. The number of carbonyl (C=O) groups is 1. The molecule has 2 aliphatic heterocycles. The molecule has 5 rings (SSSR count). The Labute approximate surface area is 186 Å². The van der Waals surface area contributed by atoms with E-state index >= 15 is 0 Å². The Morgan fingerprint density at radius 2 is 2.00 bits per heavy atom. The minimum atomic E-state index is -0.200. The molecule has 168 valence electrons. The number of likely N-dealkylation sites (tertiary alicyclic amines) is 1. The molecule has 0 unspecified atom stereocenters. The second-order valence-electron chi connectivity index (χ2n) is 8.52. The quantitative estimate of drug-likeness (QED) is 0.758. The van der Waals surface area contributed by atoms with E-state index in [1.165, 1.54) is 22.2 Å². The van der Waals surface area contributed by atoms with E-state index in [4.69, 9.17) is 19.4 Å². The van der Waals surface area contributed by atoms with Crippen molar-refractivity contribution in [3.8, 4) is 0 Å². The van der Waals surface area contributed by atoms with Crippen LogP contribution >= 0.6 is 11.3 Å². The van der Waals surface area contributed by atoms with Crippen molar-refractivity contribution in [2.45, 2.75) is 51.6 Å². The predicted octanol–water partition coefficient (Wildman–Crippen LogP) is 3.05. The maximum absolute atomic E-state index is 12.0. The van der Waals surface area contributed by atoms with Gasteiger partial charge in [0, 0.05) is 37.1 Å². The van der Waals surface area contributed by atoms with Gasteiger partial charge < -0.3 is 19.7 Å². The van der Waals surface area contributed by atoms with Crippen molar-refractivity contribution >= 4 is 33.5 Å². The number of thiophene rings is 1. The molecule has 1 N–H and O–H groups in total. The number of fused-ring (bicyclic) bond motifs is 3. The lowest BCUT2D eigenvalue weighted by atomic mass is 10.0. The van der Waals surface area contributed by atoms with Crippen LogP contribution in [0.5, 0.6) is 0 Å². The van der Waals surface area contributed by atoms with Gasteiger partial charge in [-0.2, -0.15) is 0 Å². The van der Waals surface area contributed by atoms with E-state index in [1.807, 2.05) is 23.2 Å². The molecule has 9 heteroatoms. The Bertz CT molecular complexity index is 935. The molecular formula is C22H31N5O3S. The van der Waals surface area contributed by atoms with Gasteiger partial charge in [-0.05, 0) is 44.6 Å². The molecule has 0 aromatic carbocycles. The number of anilines is 1. The van der Waals surface area contributed by atoms with E-state index in [2.05, 4.69) is 10.2 Å². The molecule has 2 aromatic rings. The Morgan fingerprint density at radius 1 is 1.19 bits per heavy atom. The van der Waals surface area contributed by atoms with Crippen molar-refractivity contribution in [3.63, 3.8) is 0 Å². The van der Waals surface area contributed by atoms with Gasteiger partial charge in [0.25, 0.3) is 0 Å². The van der Waals surface area contributed by atoms with E-state index in [1.54, 1.807) is 0 Å². The van der Waals surface area contributed by atoms with Gasteiger partial charge in [-0.15, -0.1) is 11.3 Å². The van der Waals surface area contributed by atoms with Crippen LogP contribution < -0.4 is 5.32 Å². The first-order valence-corrected chi connectivity index (χ1v) is 12.3. The molecule has 2 fully saturated rings. The molecule has 2 aromatic heterocycles. The van der Waals surface area contributed by atoms with Crippen LogP contribution in [0, 0.1) is 0 Å². The number of hydrogen-bond donors (Lipinski definition) is 1. The smallest absolute Gasteiger partial charge is 0.409 e. The number of piperidine rings is 1. The van der Waals surface area contributed by atoms with Gasteiger partial charge in [-0.3, -0.25) is 4.90 Å². The molecule has 1 aliphatic carbocycles. The molecule has 0 bridgehead atoms. The van der Waals surface area contributed by atoms with Crippen molar-refractivity contribution in [2.75, 3.05) is 51.3 Å². The fourth-order valence-electron chi connectivity index (χ4n) is 4.79. The molecule has 3 aliphatic rings. The number of nitrogens with one attached hydrogen (secondary N) is 1. The van der Waals surface area contributed by atoms with Crippen molar-refractivity contribution in [1.29, 1.82) is 0 Å². The van der Waals surface area contributed by atoms with E-state index in [-0.39, 0.29) is 6.09 Å². The number of carbonyl (C=O) groups excluding carboxylic acids is 1. The topological polar surface area (TPSA) is 79.8 Å². The van der Waals surface area contributed by atoms with Gasteiger partial charge in [-0.25, -0.2) is 14.8 Å². The summed E-state index contributed by atoms with van der Waals surface area (Å²) in [4.78, 5) is 28.8. The normalized spacial score (nSPS) is 20.2. The Hall–Kier alpha value is -1.97. The number of rotatable bonds is 5. The molecule has 0 saturated carbocycles. The molecule has 2 saturated heterocycles. The van der Waals surface area contributed by atoms with E-state index in [9.17, 15) is 4.79 Å². The van der Waals surface area contributed by atoms with Crippen LogP contribution in [-0.4, -0.2) is 77.9 Å². The Morgan fingerprint density at radius 3 is 2.77 bits per heavy atom. The fourth-order valence-corrected chi connectivity index (χ4v) is 6.07. The highest BCUT2D eigenvalue weighted by Gasteiger charge is 2.27. The van der Waals surface area contributed by atoms with E-state index in [0.29, 0.717) is 25.7 Å². The van der Waals surface area contributed by atoms with Crippen LogP contribution in [0.3, 0.4) is 0 Å². The number of hydrogen-bond acceptors (Lipinski definition) is 8.